The molecule has 98 valence electrons. The summed E-state index contributed by atoms with van der Waals surface area (Å²) in [6, 6.07) is 0. The molecule has 17 heavy (non-hydrogen) atoms. The number of halogens is 1. The fourth-order valence-corrected chi connectivity index (χ4v) is 1.20. The van der Waals surface area contributed by atoms with Crippen molar-refractivity contribution in [3.8, 4) is 0 Å². The fraction of sp³-hybridized carbons (Fsp3) is 0.667. The smallest absolute Gasteiger partial charge is 0.345 e. The third kappa shape index (κ3) is 8.92. The van der Waals surface area contributed by atoms with E-state index >= 15 is 0 Å². The number of hydrogen-bond donors (Lipinski definition) is 0. The number of hydrogen-bond acceptors (Lipinski definition) is 4. The molecule has 0 aromatic heterocycles. The van der Waals surface area contributed by atoms with Gasteiger partial charge in [0.25, 0.3) is 0 Å². The average Bonchev–Trinajstić information content (AvgIpc) is 2.29. The molecule has 0 aliphatic rings. The lowest BCUT2D eigenvalue weighted by atomic mass is 10.4. The normalized spacial score (nSPS) is 11.1. The molecule has 0 unspecified atom stereocenters. The van der Waals surface area contributed by atoms with Gasteiger partial charge in [-0.2, -0.15) is 0 Å². The summed E-state index contributed by atoms with van der Waals surface area (Å²) in [5.74, 6) is -1.07. The van der Waals surface area contributed by atoms with Gasteiger partial charge >= 0.3 is 11.9 Å². The lowest BCUT2D eigenvalue weighted by molar-refractivity contribution is -0.140. The van der Waals surface area contributed by atoms with Crippen LogP contribution in [0.5, 0.6) is 0 Å². The maximum Gasteiger partial charge on any atom is 0.345 e. The third-order valence-electron chi connectivity index (χ3n) is 1.91. The minimum absolute atomic E-state index is 0.0927. The van der Waals surface area contributed by atoms with Gasteiger partial charge in [-0.25, -0.2) is 9.59 Å². The first kappa shape index (κ1) is 16.2. The standard InChI is InChI=1S/C12H19BrO4/c1-3-5-7-16-11(14)9-10(13)12(15)17-8-6-4-2/h9H,3-8H2,1-2H3/b10-9-. The monoisotopic (exact) mass is 306 g/mol. The number of carbonyl (C=O) groups excluding carboxylic acids is 2. The van der Waals surface area contributed by atoms with Crippen LogP contribution in [-0.2, 0) is 19.1 Å². The molecule has 0 saturated heterocycles. The van der Waals surface area contributed by atoms with Crippen molar-refractivity contribution in [3.05, 3.63) is 10.6 Å². The predicted molar refractivity (Wildman–Crippen MR) is 68.7 cm³/mol. The molecule has 0 aliphatic carbocycles. The summed E-state index contributed by atoms with van der Waals surface area (Å²) >= 11 is 2.99. The molecule has 0 aromatic rings. The second-order valence-corrected chi connectivity index (χ2v) is 4.36. The topological polar surface area (TPSA) is 52.6 Å². The zero-order valence-corrected chi connectivity index (χ0v) is 11.9. The van der Waals surface area contributed by atoms with Crippen molar-refractivity contribution < 1.29 is 19.1 Å². The second-order valence-electron chi connectivity index (χ2n) is 3.50. The lowest BCUT2D eigenvalue weighted by Gasteiger charge is -2.03. The van der Waals surface area contributed by atoms with E-state index in [9.17, 15) is 9.59 Å². The van der Waals surface area contributed by atoms with E-state index in [-0.39, 0.29) is 4.48 Å². The van der Waals surface area contributed by atoms with Gasteiger partial charge in [0.15, 0.2) is 0 Å². The van der Waals surface area contributed by atoms with Crippen LogP contribution in [0.3, 0.4) is 0 Å². The highest BCUT2D eigenvalue weighted by Gasteiger charge is 2.10. The van der Waals surface area contributed by atoms with Crippen molar-refractivity contribution in [2.75, 3.05) is 13.2 Å². The molecule has 0 bridgehead atoms. The van der Waals surface area contributed by atoms with Crippen LogP contribution in [0.4, 0.5) is 0 Å². The quantitative estimate of drug-likeness (QED) is 0.393. The summed E-state index contributed by atoms with van der Waals surface area (Å²) in [5.41, 5.74) is 0. The van der Waals surface area contributed by atoms with E-state index in [0.717, 1.165) is 31.8 Å². The van der Waals surface area contributed by atoms with Gasteiger partial charge in [0.1, 0.15) is 4.48 Å². The Morgan fingerprint density at radius 2 is 1.59 bits per heavy atom. The Labute approximate surface area is 110 Å². The van der Waals surface area contributed by atoms with Gasteiger partial charge in [-0.1, -0.05) is 26.7 Å². The van der Waals surface area contributed by atoms with Crippen LogP contribution in [0.1, 0.15) is 39.5 Å². The van der Waals surface area contributed by atoms with Crippen LogP contribution in [0.15, 0.2) is 10.6 Å². The Bertz CT molecular complexity index is 274. The van der Waals surface area contributed by atoms with Crippen LogP contribution < -0.4 is 0 Å². The van der Waals surface area contributed by atoms with Gasteiger partial charge in [0, 0.05) is 6.08 Å². The molecule has 0 aliphatic heterocycles. The third-order valence-corrected chi connectivity index (χ3v) is 2.47. The Kier molecular flexibility index (Phi) is 9.81. The average molecular weight is 307 g/mol. The number of carbonyl (C=O) groups is 2. The largest absolute Gasteiger partial charge is 0.462 e. The van der Waals surface area contributed by atoms with Crippen LogP contribution in [-0.4, -0.2) is 25.2 Å². The Morgan fingerprint density at radius 1 is 1.06 bits per heavy atom. The van der Waals surface area contributed by atoms with E-state index in [2.05, 4.69) is 15.9 Å². The molecule has 0 radical (unpaired) electrons. The highest BCUT2D eigenvalue weighted by molar-refractivity contribution is 9.12. The van der Waals surface area contributed by atoms with Crippen molar-refractivity contribution in [2.24, 2.45) is 0 Å². The molecule has 5 heteroatoms. The SMILES string of the molecule is CCCCOC(=O)/C=C(\Br)C(=O)OCCCC. The van der Waals surface area contributed by atoms with Crippen molar-refractivity contribution in [1.82, 2.24) is 0 Å². The Hall–Kier alpha value is -0.840. The van der Waals surface area contributed by atoms with Crippen molar-refractivity contribution in [3.63, 3.8) is 0 Å². The first-order chi connectivity index (χ1) is 8.11. The molecular weight excluding hydrogens is 288 g/mol. The molecule has 0 amide bonds. The van der Waals surface area contributed by atoms with Crippen molar-refractivity contribution in [1.29, 1.82) is 0 Å². The van der Waals surface area contributed by atoms with Crippen molar-refractivity contribution in [2.45, 2.75) is 39.5 Å². The summed E-state index contributed by atoms with van der Waals surface area (Å²) in [4.78, 5) is 22.6. The van der Waals surface area contributed by atoms with E-state index in [1.54, 1.807) is 0 Å². The molecule has 0 spiro atoms. The molecule has 0 fully saturated rings. The molecule has 0 rings (SSSR count). The summed E-state index contributed by atoms with van der Waals surface area (Å²) < 4.78 is 9.88. The van der Waals surface area contributed by atoms with E-state index in [1.807, 2.05) is 13.8 Å². The summed E-state index contributed by atoms with van der Waals surface area (Å²) in [5, 5.41) is 0. The molecule has 0 N–H and O–H groups in total. The van der Waals surface area contributed by atoms with Gasteiger partial charge in [-0.3, -0.25) is 0 Å². The molecular formula is C12H19BrO4. The first-order valence-corrected chi connectivity index (χ1v) is 6.62. The predicted octanol–water partition coefficient (Wildman–Crippen LogP) is 2.95. The van der Waals surface area contributed by atoms with Crippen LogP contribution in [0.2, 0.25) is 0 Å². The van der Waals surface area contributed by atoms with E-state index in [0.29, 0.717) is 13.2 Å². The van der Waals surface area contributed by atoms with Crippen LogP contribution in [0.25, 0.3) is 0 Å². The fourth-order valence-electron chi connectivity index (χ4n) is 0.899. The minimum Gasteiger partial charge on any atom is -0.462 e. The number of ether oxygens (including phenoxy) is 2. The molecule has 0 atom stereocenters. The van der Waals surface area contributed by atoms with E-state index in [1.165, 1.54) is 0 Å². The summed E-state index contributed by atoms with van der Waals surface area (Å²) in [7, 11) is 0. The van der Waals surface area contributed by atoms with Gasteiger partial charge in [-0.15, -0.1) is 0 Å². The van der Waals surface area contributed by atoms with Gasteiger partial charge < -0.3 is 9.47 Å². The second kappa shape index (κ2) is 10.3. The summed E-state index contributed by atoms with van der Waals surface area (Å²) in [6.45, 7) is 4.74. The van der Waals surface area contributed by atoms with Gasteiger partial charge in [-0.05, 0) is 28.8 Å². The van der Waals surface area contributed by atoms with E-state index in [4.69, 9.17) is 9.47 Å². The van der Waals surface area contributed by atoms with Crippen molar-refractivity contribution >= 4 is 27.9 Å². The molecule has 0 aromatic carbocycles. The Morgan fingerprint density at radius 3 is 2.12 bits per heavy atom. The highest BCUT2D eigenvalue weighted by atomic mass is 79.9. The lowest BCUT2D eigenvalue weighted by Crippen LogP contribution is -2.09. The number of unbranched alkanes of at least 4 members (excludes halogenated alkanes) is 2. The maximum absolute atomic E-state index is 11.3. The highest BCUT2D eigenvalue weighted by Crippen LogP contribution is 2.08. The van der Waals surface area contributed by atoms with Gasteiger partial charge in [0.05, 0.1) is 13.2 Å². The molecule has 4 nitrogen and oxygen atoms in total. The Balaban J connectivity index is 3.96. The maximum atomic E-state index is 11.3. The molecule has 0 saturated carbocycles. The number of esters is 2. The van der Waals surface area contributed by atoms with E-state index < -0.39 is 11.9 Å². The zero-order valence-electron chi connectivity index (χ0n) is 10.3. The van der Waals surface area contributed by atoms with Crippen LogP contribution >= 0.6 is 15.9 Å². The summed E-state index contributed by atoms with van der Waals surface area (Å²) in [6.07, 6.45) is 4.64. The zero-order chi connectivity index (χ0) is 13.1. The molecule has 0 heterocycles. The first-order valence-electron chi connectivity index (χ1n) is 5.82. The van der Waals surface area contributed by atoms with Gasteiger partial charge in [0.2, 0.25) is 0 Å². The van der Waals surface area contributed by atoms with Crippen LogP contribution in [0, 0.1) is 0 Å². The number of rotatable bonds is 8. The minimum atomic E-state index is -0.536.